The van der Waals surface area contributed by atoms with Gasteiger partial charge in [0.15, 0.2) is 16.3 Å². The minimum absolute atomic E-state index is 0.0136. The van der Waals surface area contributed by atoms with Gasteiger partial charge < -0.3 is 18.6 Å². The van der Waals surface area contributed by atoms with Gasteiger partial charge in [-0.1, -0.05) is 58.1 Å². The number of halogens is 1. The van der Waals surface area contributed by atoms with Crippen molar-refractivity contribution in [3.8, 4) is 22.8 Å². The summed E-state index contributed by atoms with van der Waals surface area (Å²) in [6.07, 6.45) is 3.11. The fourth-order valence-electron chi connectivity index (χ4n) is 4.56. The third-order valence-electron chi connectivity index (χ3n) is 6.34. The molecule has 0 radical (unpaired) electrons. The molecule has 0 saturated heterocycles. The van der Waals surface area contributed by atoms with Crippen molar-refractivity contribution in [3.05, 3.63) is 114 Å². The Morgan fingerprint density at radius 1 is 1.17 bits per heavy atom. The van der Waals surface area contributed by atoms with Crippen LogP contribution in [0.25, 0.3) is 17.4 Å². The van der Waals surface area contributed by atoms with Crippen molar-refractivity contribution in [2.45, 2.75) is 19.9 Å². The highest BCUT2D eigenvalue weighted by Crippen LogP contribution is 2.36. The highest BCUT2D eigenvalue weighted by molar-refractivity contribution is 9.10. The molecule has 0 amide bonds. The smallest absolute Gasteiger partial charge is 0.338 e. The number of aromatic nitrogens is 1. The highest BCUT2D eigenvalue weighted by atomic mass is 79.9. The molecule has 11 heteroatoms. The number of rotatable bonds is 8. The van der Waals surface area contributed by atoms with E-state index in [1.807, 2.05) is 30.3 Å². The molecule has 1 aliphatic rings. The summed E-state index contributed by atoms with van der Waals surface area (Å²) in [5.74, 6) is 0.449. The molecule has 0 fully saturated rings. The maximum Gasteiger partial charge on any atom is 0.338 e. The summed E-state index contributed by atoms with van der Waals surface area (Å²) in [5, 5.41) is 0. The lowest BCUT2D eigenvalue weighted by Crippen LogP contribution is -2.40. The van der Waals surface area contributed by atoms with Crippen molar-refractivity contribution in [1.82, 2.24) is 4.57 Å². The first-order chi connectivity index (χ1) is 20.2. The van der Waals surface area contributed by atoms with E-state index in [1.165, 1.54) is 36.0 Å². The van der Waals surface area contributed by atoms with Crippen LogP contribution >= 0.6 is 27.3 Å². The molecule has 0 aliphatic carbocycles. The van der Waals surface area contributed by atoms with E-state index in [1.54, 1.807) is 37.3 Å². The maximum absolute atomic E-state index is 13.9. The average molecular weight is 650 g/mol. The van der Waals surface area contributed by atoms with Gasteiger partial charge in [0, 0.05) is 23.0 Å². The zero-order valence-electron chi connectivity index (χ0n) is 22.9. The van der Waals surface area contributed by atoms with Gasteiger partial charge in [0.1, 0.15) is 18.1 Å². The molecule has 2 aromatic carbocycles. The number of ether oxygens (including phenoxy) is 3. The molecule has 4 aromatic rings. The van der Waals surface area contributed by atoms with Crippen LogP contribution in [0.15, 0.2) is 97.2 Å². The van der Waals surface area contributed by atoms with Crippen LogP contribution in [0.1, 0.15) is 31.2 Å². The Morgan fingerprint density at radius 3 is 2.69 bits per heavy atom. The van der Waals surface area contributed by atoms with Crippen LogP contribution in [0.4, 0.5) is 0 Å². The lowest BCUT2D eigenvalue weighted by atomic mass is 9.95. The first-order valence-electron chi connectivity index (χ1n) is 12.7. The minimum atomic E-state index is -0.894. The van der Waals surface area contributed by atoms with Gasteiger partial charge in [-0.05, 0) is 48.9 Å². The SMILES string of the molecule is C=CCOC(=O)C1=C(C)N=c2s/c(=C\c3ccc(-c4cccc(Br)c4)o3)c(=O)n2C1c1ccc(OC(C)=O)c(OC)c1. The molecule has 0 N–H and O–H groups in total. The molecule has 2 aromatic heterocycles. The second-order valence-corrected chi connectivity index (χ2v) is 11.1. The lowest BCUT2D eigenvalue weighted by Gasteiger charge is -2.25. The molecule has 1 aliphatic heterocycles. The standard InChI is InChI=1S/C31H25BrN2O7S/c1-5-13-39-30(37)27-17(2)33-31-34(28(27)20-9-11-24(40-18(3)35)25(15-20)38-4)29(36)26(42-31)16-22-10-12-23(41-22)19-7-6-8-21(32)14-19/h5-12,14-16,28H,1,13H2,2-4H3/b26-16-. The van der Waals surface area contributed by atoms with Crippen molar-refractivity contribution in [2.75, 3.05) is 13.7 Å². The summed E-state index contributed by atoms with van der Waals surface area (Å²) in [6, 6.07) is 15.3. The maximum atomic E-state index is 13.9. The van der Waals surface area contributed by atoms with Gasteiger partial charge in [-0.15, -0.1) is 0 Å². The molecular weight excluding hydrogens is 624 g/mol. The van der Waals surface area contributed by atoms with Gasteiger partial charge in [-0.3, -0.25) is 14.2 Å². The Morgan fingerprint density at radius 2 is 1.98 bits per heavy atom. The zero-order chi connectivity index (χ0) is 30.0. The number of carbonyl (C=O) groups excluding carboxylic acids is 2. The van der Waals surface area contributed by atoms with Gasteiger partial charge in [0.05, 0.1) is 29.0 Å². The number of hydrogen-bond donors (Lipinski definition) is 0. The van der Waals surface area contributed by atoms with E-state index in [9.17, 15) is 14.4 Å². The van der Waals surface area contributed by atoms with E-state index >= 15 is 0 Å². The Hall–Kier alpha value is -4.48. The number of hydrogen-bond acceptors (Lipinski definition) is 9. The fourth-order valence-corrected chi connectivity index (χ4v) is 5.99. The Balaban J connectivity index is 1.65. The number of allylic oxidation sites excluding steroid dienone is 1. The number of carbonyl (C=O) groups is 2. The van der Waals surface area contributed by atoms with Crippen LogP contribution in [-0.4, -0.2) is 30.2 Å². The molecular formula is C31H25BrN2O7S. The van der Waals surface area contributed by atoms with Crippen LogP contribution in [0.2, 0.25) is 0 Å². The third-order valence-corrected chi connectivity index (χ3v) is 7.82. The van der Waals surface area contributed by atoms with Crippen molar-refractivity contribution < 1.29 is 28.2 Å². The Kier molecular flexibility index (Phi) is 8.41. The quantitative estimate of drug-likeness (QED) is 0.152. The van der Waals surface area contributed by atoms with E-state index < -0.39 is 18.0 Å². The van der Waals surface area contributed by atoms with Gasteiger partial charge >= 0.3 is 11.9 Å². The molecule has 3 heterocycles. The van der Waals surface area contributed by atoms with E-state index in [2.05, 4.69) is 27.5 Å². The third kappa shape index (κ3) is 5.79. The molecule has 1 atom stereocenters. The summed E-state index contributed by atoms with van der Waals surface area (Å²) >= 11 is 4.65. The van der Waals surface area contributed by atoms with Crippen LogP contribution < -0.4 is 24.4 Å². The van der Waals surface area contributed by atoms with E-state index in [4.69, 9.17) is 18.6 Å². The monoisotopic (exact) mass is 648 g/mol. The van der Waals surface area contributed by atoms with Crippen LogP contribution in [0, 0.1) is 0 Å². The predicted molar refractivity (Wildman–Crippen MR) is 161 cm³/mol. The molecule has 1 unspecified atom stereocenters. The molecule has 9 nitrogen and oxygen atoms in total. The van der Waals surface area contributed by atoms with E-state index in [-0.39, 0.29) is 29.2 Å². The Labute approximate surface area is 252 Å². The molecule has 42 heavy (non-hydrogen) atoms. The number of benzene rings is 2. The summed E-state index contributed by atoms with van der Waals surface area (Å²) in [5.41, 5.74) is 1.64. The topological polar surface area (TPSA) is 109 Å². The number of furan rings is 1. The predicted octanol–water partition coefficient (Wildman–Crippen LogP) is 4.92. The zero-order valence-corrected chi connectivity index (χ0v) is 25.3. The molecule has 214 valence electrons. The van der Waals surface area contributed by atoms with Gasteiger partial charge in [-0.25, -0.2) is 9.79 Å². The van der Waals surface area contributed by atoms with Gasteiger partial charge in [0.2, 0.25) is 0 Å². The first-order valence-corrected chi connectivity index (χ1v) is 14.3. The number of fused-ring (bicyclic) bond motifs is 1. The molecule has 0 bridgehead atoms. The number of thiazole rings is 1. The molecule has 0 spiro atoms. The van der Waals surface area contributed by atoms with Crippen molar-refractivity contribution in [3.63, 3.8) is 0 Å². The van der Waals surface area contributed by atoms with Crippen molar-refractivity contribution in [2.24, 2.45) is 4.99 Å². The highest BCUT2D eigenvalue weighted by Gasteiger charge is 2.34. The fraction of sp³-hybridized carbons (Fsp3) is 0.161. The largest absolute Gasteiger partial charge is 0.493 e. The summed E-state index contributed by atoms with van der Waals surface area (Å²) in [4.78, 5) is 43.8. The first kappa shape index (κ1) is 29.0. The Bertz CT molecular complexity index is 1930. The number of esters is 2. The van der Waals surface area contributed by atoms with E-state index in [0.717, 1.165) is 10.0 Å². The summed E-state index contributed by atoms with van der Waals surface area (Å²) in [6.45, 7) is 6.57. The summed E-state index contributed by atoms with van der Waals surface area (Å²) in [7, 11) is 1.43. The minimum Gasteiger partial charge on any atom is -0.493 e. The van der Waals surface area contributed by atoms with Crippen LogP contribution in [0.3, 0.4) is 0 Å². The van der Waals surface area contributed by atoms with Crippen LogP contribution in [-0.2, 0) is 14.3 Å². The number of methoxy groups -OCH3 is 1. The summed E-state index contributed by atoms with van der Waals surface area (Å²) < 4.78 is 24.9. The molecule has 5 rings (SSSR count). The lowest BCUT2D eigenvalue weighted by molar-refractivity contribution is -0.138. The molecule has 0 saturated carbocycles. The van der Waals surface area contributed by atoms with Gasteiger partial charge in [-0.2, -0.15) is 0 Å². The second-order valence-electron chi connectivity index (χ2n) is 9.19. The number of nitrogens with zero attached hydrogens (tertiary/aromatic N) is 2. The van der Waals surface area contributed by atoms with E-state index in [0.29, 0.717) is 32.1 Å². The van der Waals surface area contributed by atoms with Crippen molar-refractivity contribution in [1.29, 1.82) is 0 Å². The van der Waals surface area contributed by atoms with Gasteiger partial charge in [0.25, 0.3) is 5.56 Å². The van der Waals surface area contributed by atoms with Crippen molar-refractivity contribution >= 4 is 45.3 Å². The average Bonchev–Trinajstić information content (AvgIpc) is 3.55. The van der Waals surface area contributed by atoms with Crippen LogP contribution in [0.5, 0.6) is 11.5 Å². The normalized spacial score (nSPS) is 14.7. The second kappa shape index (κ2) is 12.2.